The topological polar surface area (TPSA) is 25.8 Å². The first kappa shape index (κ1) is 12.8. The Kier molecular flexibility index (Phi) is 6.03. The third-order valence-electron chi connectivity index (χ3n) is 2.22. The number of thioether (sulfide) groups is 1. The van der Waals surface area contributed by atoms with Crippen LogP contribution in [0.2, 0.25) is 0 Å². The van der Waals surface area contributed by atoms with Crippen molar-refractivity contribution in [3.8, 4) is 0 Å². The molecule has 0 aliphatic rings. The van der Waals surface area contributed by atoms with Gasteiger partial charge in [0.05, 0.1) is 0 Å². The molecular formula is C11H17ClN2S. The summed E-state index contributed by atoms with van der Waals surface area (Å²) in [4.78, 5) is 8.55. The van der Waals surface area contributed by atoms with Crippen molar-refractivity contribution in [2.75, 3.05) is 11.6 Å². The van der Waals surface area contributed by atoms with Crippen LogP contribution in [0.3, 0.4) is 0 Å². The number of nitrogens with zero attached hydrogens (tertiary/aromatic N) is 2. The average Bonchev–Trinajstić information content (AvgIpc) is 2.18. The fourth-order valence-electron chi connectivity index (χ4n) is 1.18. The van der Waals surface area contributed by atoms with Crippen LogP contribution in [0.1, 0.15) is 25.5 Å². The van der Waals surface area contributed by atoms with Gasteiger partial charge in [-0.1, -0.05) is 18.7 Å². The lowest BCUT2D eigenvalue weighted by Crippen LogP contribution is -1.98. The van der Waals surface area contributed by atoms with Crippen LogP contribution >= 0.6 is 23.4 Å². The summed E-state index contributed by atoms with van der Waals surface area (Å²) in [6.07, 6.45) is 4.08. The number of rotatable bonds is 6. The fourth-order valence-corrected chi connectivity index (χ4v) is 2.60. The molecule has 0 N–H and O–H groups in total. The smallest absolute Gasteiger partial charge is 0.187 e. The van der Waals surface area contributed by atoms with E-state index >= 15 is 0 Å². The Labute approximate surface area is 101 Å². The first-order chi connectivity index (χ1) is 7.22. The molecule has 84 valence electrons. The Hall–Kier alpha value is -0.280. The molecule has 4 heteroatoms. The number of halogens is 1. The van der Waals surface area contributed by atoms with Gasteiger partial charge in [-0.2, -0.15) is 0 Å². The molecule has 0 saturated carbocycles. The largest absolute Gasteiger partial charge is 0.231 e. The van der Waals surface area contributed by atoms with Gasteiger partial charge in [0.1, 0.15) is 0 Å². The van der Waals surface area contributed by atoms with Gasteiger partial charge in [-0.3, -0.25) is 0 Å². The summed E-state index contributed by atoms with van der Waals surface area (Å²) in [5, 5.41) is 0.882. The van der Waals surface area contributed by atoms with E-state index < -0.39 is 0 Å². The molecule has 1 aromatic heterocycles. The second-order valence-corrected chi connectivity index (χ2v) is 5.14. The van der Waals surface area contributed by atoms with Crippen LogP contribution in [0.4, 0.5) is 0 Å². The van der Waals surface area contributed by atoms with Crippen molar-refractivity contribution in [2.45, 2.75) is 31.8 Å². The molecule has 0 spiro atoms. The second kappa shape index (κ2) is 7.07. The molecule has 0 radical (unpaired) electrons. The molecule has 0 saturated heterocycles. The number of hydrogen-bond acceptors (Lipinski definition) is 3. The zero-order chi connectivity index (χ0) is 11.1. The van der Waals surface area contributed by atoms with Crippen molar-refractivity contribution in [3.63, 3.8) is 0 Å². The maximum atomic E-state index is 5.68. The summed E-state index contributed by atoms with van der Waals surface area (Å²) in [6.45, 7) is 4.22. The summed E-state index contributed by atoms with van der Waals surface area (Å²) in [6, 6.07) is 1.92. The third kappa shape index (κ3) is 5.38. The maximum absolute atomic E-state index is 5.68. The summed E-state index contributed by atoms with van der Waals surface area (Å²) in [7, 11) is 0. The quantitative estimate of drug-likeness (QED) is 0.435. The lowest BCUT2D eigenvalue weighted by molar-refractivity contribution is 0.551. The molecule has 0 bridgehead atoms. The first-order valence-corrected chi connectivity index (χ1v) is 6.73. The Bertz CT molecular complexity index is 294. The number of alkyl halides is 1. The molecule has 0 aliphatic heterocycles. The highest BCUT2D eigenvalue weighted by Crippen LogP contribution is 2.18. The van der Waals surface area contributed by atoms with E-state index in [1.807, 2.05) is 19.2 Å². The minimum atomic E-state index is 0.694. The SMILES string of the molecule is Cc1ccnc(SCCC(C)CCCl)n1. The van der Waals surface area contributed by atoms with E-state index in [9.17, 15) is 0 Å². The van der Waals surface area contributed by atoms with Crippen molar-refractivity contribution < 1.29 is 0 Å². The van der Waals surface area contributed by atoms with E-state index in [-0.39, 0.29) is 0 Å². The van der Waals surface area contributed by atoms with Crippen molar-refractivity contribution in [3.05, 3.63) is 18.0 Å². The summed E-state index contributed by atoms with van der Waals surface area (Å²) in [5.41, 5.74) is 1.03. The predicted octanol–water partition coefficient (Wildman–Crippen LogP) is 3.53. The summed E-state index contributed by atoms with van der Waals surface area (Å²) in [5.74, 6) is 2.52. The monoisotopic (exact) mass is 244 g/mol. The van der Waals surface area contributed by atoms with Crippen molar-refractivity contribution >= 4 is 23.4 Å². The average molecular weight is 245 g/mol. The highest BCUT2D eigenvalue weighted by Gasteiger charge is 2.03. The van der Waals surface area contributed by atoms with E-state index in [1.165, 1.54) is 6.42 Å². The molecule has 0 aliphatic carbocycles. The van der Waals surface area contributed by atoms with Gasteiger partial charge in [0.25, 0.3) is 0 Å². The van der Waals surface area contributed by atoms with Crippen LogP contribution in [0.25, 0.3) is 0 Å². The number of aryl methyl sites for hydroxylation is 1. The van der Waals surface area contributed by atoms with E-state index in [2.05, 4.69) is 16.9 Å². The Morgan fingerprint density at radius 1 is 1.47 bits per heavy atom. The van der Waals surface area contributed by atoms with Crippen LogP contribution in [-0.2, 0) is 0 Å². The second-order valence-electron chi connectivity index (χ2n) is 3.70. The molecule has 15 heavy (non-hydrogen) atoms. The van der Waals surface area contributed by atoms with Gasteiger partial charge < -0.3 is 0 Å². The van der Waals surface area contributed by atoms with E-state index in [0.29, 0.717) is 5.92 Å². The third-order valence-corrected chi connectivity index (χ3v) is 3.33. The zero-order valence-corrected chi connectivity index (χ0v) is 10.8. The van der Waals surface area contributed by atoms with Gasteiger partial charge in [-0.25, -0.2) is 9.97 Å². The molecule has 1 heterocycles. The van der Waals surface area contributed by atoms with Crippen LogP contribution in [-0.4, -0.2) is 21.6 Å². The van der Waals surface area contributed by atoms with Gasteiger partial charge in [0, 0.05) is 23.5 Å². The normalized spacial score (nSPS) is 12.7. The Balaban J connectivity index is 2.25. The number of hydrogen-bond donors (Lipinski definition) is 0. The van der Waals surface area contributed by atoms with Gasteiger partial charge in [0.15, 0.2) is 5.16 Å². The van der Waals surface area contributed by atoms with Crippen LogP contribution < -0.4 is 0 Å². The van der Waals surface area contributed by atoms with E-state index in [0.717, 1.165) is 28.9 Å². The molecule has 1 rings (SSSR count). The molecule has 0 fully saturated rings. The predicted molar refractivity (Wildman–Crippen MR) is 66.6 cm³/mol. The van der Waals surface area contributed by atoms with Gasteiger partial charge >= 0.3 is 0 Å². The minimum Gasteiger partial charge on any atom is -0.231 e. The Morgan fingerprint density at radius 2 is 2.27 bits per heavy atom. The van der Waals surface area contributed by atoms with Crippen LogP contribution in [0.15, 0.2) is 17.4 Å². The lowest BCUT2D eigenvalue weighted by atomic mass is 10.1. The molecule has 1 aromatic rings. The summed E-state index contributed by atoms with van der Waals surface area (Å²) >= 11 is 7.41. The summed E-state index contributed by atoms with van der Waals surface area (Å²) < 4.78 is 0. The van der Waals surface area contributed by atoms with Crippen LogP contribution in [0.5, 0.6) is 0 Å². The first-order valence-electron chi connectivity index (χ1n) is 5.20. The zero-order valence-electron chi connectivity index (χ0n) is 9.24. The molecular weight excluding hydrogens is 228 g/mol. The van der Waals surface area contributed by atoms with Crippen molar-refractivity contribution in [1.82, 2.24) is 9.97 Å². The van der Waals surface area contributed by atoms with Gasteiger partial charge in [-0.05, 0) is 31.7 Å². The van der Waals surface area contributed by atoms with Crippen molar-refractivity contribution in [1.29, 1.82) is 0 Å². The van der Waals surface area contributed by atoms with Crippen LogP contribution in [0, 0.1) is 12.8 Å². The van der Waals surface area contributed by atoms with Crippen molar-refractivity contribution in [2.24, 2.45) is 5.92 Å². The minimum absolute atomic E-state index is 0.694. The highest BCUT2D eigenvalue weighted by atomic mass is 35.5. The van der Waals surface area contributed by atoms with Gasteiger partial charge in [0.2, 0.25) is 0 Å². The molecule has 1 unspecified atom stereocenters. The fraction of sp³-hybridized carbons (Fsp3) is 0.636. The lowest BCUT2D eigenvalue weighted by Gasteiger charge is -2.07. The highest BCUT2D eigenvalue weighted by molar-refractivity contribution is 7.99. The molecule has 2 nitrogen and oxygen atoms in total. The standard InChI is InChI=1S/C11H17ClN2S/c1-9(3-6-12)5-8-15-11-13-7-4-10(2)14-11/h4,7,9H,3,5-6,8H2,1-2H3. The Morgan fingerprint density at radius 3 is 2.93 bits per heavy atom. The maximum Gasteiger partial charge on any atom is 0.187 e. The van der Waals surface area contributed by atoms with Gasteiger partial charge in [-0.15, -0.1) is 11.6 Å². The molecule has 1 atom stereocenters. The van der Waals surface area contributed by atoms with E-state index in [4.69, 9.17) is 11.6 Å². The molecule has 0 amide bonds. The van der Waals surface area contributed by atoms with E-state index in [1.54, 1.807) is 11.8 Å². The molecule has 0 aromatic carbocycles. The number of aromatic nitrogens is 2.